The van der Waals surface area contributed by atoms with Crippen LogP contribution in [0, 0.1) is 5.92 Å². The molecule has 1 aliphatic heterocycles. The molecule has 0 aliphatic carbocycles. The second kappa shape index (κ2) is 8.32. The van der Waals surface area contributed by atoms with Crippen LogP contribution in [0.25, 0.3) is 0 Å². The molecule has 0 aromatic heterocycles. The molecule has 0 spiro atoms. The molecule has 0 amide bonds. The van der Waals surface area contributed by atoms with Crippen LogP contribution in [0.3, 0.4) is 0 Å². The summed E-state index contributed by atoms with van der Waals surface area (Å²) in [6.45, 7) is 4.81. The van der Waals surface area contributed by atoms with Gasteiger partial charge in [-0.15, -0.1) is 0 Å². The van der Waals surface area contributed by atoms with Crippen molar-refractivity contribution in [1.82, 2.24) is 9.80 Å². The summed E-state index contributed by atoms with van der Waals surface area (Å²) >= 11 is 0. The SMILES string of the molecule is CN(C)CC1CCN(CCCC/C(N)=N/O)CC1. The Morgan fingerprint density at radius 2 is 2.00 bits per heavy atom. The predicted octanol–water partition coefficient (Wildman–Crippen LogP) is 1.18. The topological polar surface area (TPSA) is 65.1 Å². The number of piperidine rings is 1. The predicted molar refractivity (Wildman–Crippen MR) is 75.0 cm³/mol. The number of amidine groups is 1. The zero-order valence-electron chi connectivity index (χ0n) is 11.8. The van der Waals surface area contributed by atoms with Crippen molar-refractivity contribution in [2.24, 2.45) is 16.8 Å². The van der Waals surface area contributed by atoms with E-state index in [1.165, 1.54) is 32.5 Å². The first-order valence-electron chi connectivity index (χ1n) is 6.95. The van der Waals surface area contributed by atoms with Crippen molar-refractivity contribution in [1.29, 1.82) is 0 Å². The first-order chi connectivity index (χ1) is 8.61. The molecule has 0 radical (unpaired) electrons. The van der Waals surface area contributed by atoms with Crippen molar-refractivity contribution in [3.05, 3.63) is 0 Å². The lowest BCUT2D eigenvalue weighted by Gasteiger charge is -2.33. The summed E-state index contributed by atoms with van der Waals surface area (Å²) in [4.78, 5) is 4.83. The van der Waals surface area contributed by atoms with Gasteiger partial charge in [0.1, 0.15) is 5.84 Å². The van der Waals surface area contributed by atoms with Gasteiger partial charge in [-0.2, -0.15) is 0 Å². The molecule has 3 N–H and O–H groups in total. The van der Waals surface area contributed by atoms with Gasteiger partial charge in [-0.3, -0.25) is 0 Å². The van der Waals surface area contributed by atoms with Crippen LogP contribution in [0.1, 0.15) is 32.1 Å². The number of rotatable bonds is 7. The second-order valence-electron chi connectivity index (χ2n) is 5.60. The van der Waals surface area contributed by atoms with Crippen LogP contribution in [0.5, 0.6) is 0 Å². The highest BCUT2D eigenvalue weighted by atomic mass is 16.4. The summed E-state index contributed by atoms with van der Waals surface area (Å²) in [6.07, 6.45) is 5.48. The third kappa shape index (κ3) is 6.21. The van der Waals surface area contributed by atoms with E-state index in [0.29, 0.717) is 12.3 Å². The lowest BCUT2D eigenvalue weighted by atomic mass is 9.96. The molecule has 1 rings (SSSR count). The standard InChI is InChI=1S/C13H28N4O/c1-16(2)11-12-6-9-17(10-7-12)8-4-3-5-13(14)15-18/h12,18H,3-11H2,1-2H3,(H2,14,15). The number of hydrogen-bond donors (Lipinski definition) is 2. The molecule has 0 aromatic rings. The molecule has 1 saturated heterocycles. The van der Waals surface area contributed by atoms with E-state index in [4.69, 9.17) is 10.9 Å². The van der Waals surface area contributed by atoms with Crippen LogP contribution in [-0.2, 0) is 0 Å². The van der Waals surface area contributed by atoms with E-state index in [2.05, 4.69) is 29.1 Å². The highest BCUT2D eigenvalue weighted by molar-refractivity contribution is 5.79. The van der Waals surface area contributed by atoms with Crippen molar-refractivity contribution < 1.29 is 5.21 Å². The Labute approximate surface area is 111 Å². The van der Waals surface area contributed by atoms with Crippen LogP contribution in [0.2, 0.25) is 0 Å². The van der Waals surface area contributed by atoms with Gasteiger partial charge in [-0.05, 0) is 65.3 Å². The number of nitrogens with two attached hydrogens (primary N) is 1. The molecule has 1 heterocycles. The fourth-order valence-corrected chi connectivity index (χ4v) is 2.60. The summed E-state index contributed by atoms with van der Waals surface area (Å²) < 4.78 is 0. The largest absolute Gasteiger partial charge is 0.409 e. The van der Waals surface area contributed by atoms with E-state index in [0.717, 1.165) is 25.3 Å². The van der Waals surface area contributed by atoms with Crippen LogP contribution in [0.4, 0.5) is 0 Å². The Kier molecular flexibility index (Phi) is 7.05. The molecule has 1 aliphatic rings. The summed E-state index contributed by atoms with van der Waals surface area (Å²) in [7, 11) is 4.30. The van der Waals surface area contributed by atoms with Crippen LogP contribution in [-0.4, -0.2) is 61.1 Å². The van der Waals surface area contributed by atoms with Crippen molar-refractivity contribution in [3.8, 4) is 0 Å². The van der Waals surface area contributed by atoms with Crippen LogP contribution in [0.15, 0.2) is 5.16 Å². The molecule has 5 heteroatoms. The highest BCUT2D eigenvalue weighted by Gasteiger charge is 2.18. The number of nitrogens with zero attached hydrogens (tertiary/aromatic N) is 3. The molecule has 0 aromatic carbocycles. The molecule has 0 bridgehead atoms. The Hall–Kier alpha value is -0.810. The Morgan fingerprint density at radius 1 is 1.33 bits per heavy atom. The molecule has 0 saturated carbocycles. The third-order valence-electron chi connectivity index (χ3n) is 3.62. The number of hydrogen-bond acceptors (Lipinski definition) is 4. The monoisotopic (exact) mass is 256 g/mol. The molecule has 1 fully saturated rings. The van der Waals surface area contributed by atoms with E-state index in [9.17, 15) is 0 Å². The fraction of sp³-hybridized carbons (Fsp3) is 0.923. The number of unbranched alkanes of at least 4 members (excludes halogenated alkanes) is 1. The minimum absolute atomic E-state index is 0.347. The minimum Gasteiger partial charge on any atom is -0.409 e. The van der Waals surface area contributed by atoms with Gasteiger partial charge in [0.15, 0.2) is 0 Å². The van der Waals surface area contributed by atoms with Crippen LogP contribution >= 0.6 is 0 Å². The second-order valence-corrected chi connectivity index (χ2v) is 5.60. The van der Waals surface area contributed by atoms with E-state index >= 15 is 0 Å². The zero-order chi connectivity index (χ0) is 13.4. The Balaban J connectivity index is 2.05. The number of oxime groups is 1. The summed E-state index contributed by atoms with van der Waals surface area (Å²) in [6, 6.07) is 0. The van der Waals surface area contributed by atoms with E-state index in [-0.39, 0.29) is 0 Å². The molecule has 0 unspecified atom stereocenters. The molecule has 0 atom stereocenters. The van der Waals surface area contributed by atoms with E-state index in [1.54, 1.807) is 0 Å². The molecular formula is C13H28N4O. The summed E-state index contributed by atoms with van der Waals surface area (Å²) in [5, 5.41) is 11.4. The van der Waals surface area contributed by atoms with Gasteiger partial charge in [0, 0.05) is 13.0 Å². The first-order valence-corrected chi connectivity index (χ1v) is 6.95. The normalized spacial score (nSPS) is 19.6. The van der Waals surface area contributed by atoms with Gasteiger partial charge < -0.3 is 20.7 Å². The van der Waals surface area contributed by atoms with E-state index < -0.39 is 0 Å². The highest BCUT2D eigenvalue weighted by Crippen LogP contribution is 2.18. The van der Waals surface area contributed by atoms with Gasteiger partial charge in [-0.1, -0.05) is 5.16 Å². The first kappa shape index (κ1) is 15.2. The average Bonchev–Trinajstić information content (AvgIpc) is 2.35. The van der Waals surface area contributed by atoms with Gasteiger partial charge in [0.2, 0.25) is 0 Å². The average molecular weight is 256 g/mol. The van der Waals surface area contributed by atoms with Crippen molar-refractivity contribution in [2.75, 3.05) is 40.3 Å². The lowest BCUT2D eigenvalue weighted by Crippen LogP contribution is -2.37. The van der Waals surface area contributed by atoms with Crippen LogP contribution < -0.4 is 5.73 Å². The van der Waals surface area contributed by atoms with Gasteiger partial charge in [-0.25, -0.2) is 0 Å². The number of likely N-dealkylation sites (tertiary alicyclic amines) is 1. The summed E-state index contributed by atoms with van der Waals surface area (Å²) in [5.41, 5.74) is 5.44. The van der Waals surface area contributed by atoms with Crippen molar-refractivity contribution in [3.63, 3.8) is 0 Å². The smallest absolute Gasteiger partial charge is 0.139 e. The van der Waals surface area contributed by atoms with Crippen molar-refractivity contribution in [2.45, 2.75) is 32.1 Å². The van der Waals surface area contributed by atoms with Gasteiger partial charge >= 0.3 is 0 Å². The summed E-state index contributed by atoms with van der Waals surface area (Å²) in [5.74, 6) is 1.22. The third-order valence-corrected chi connectivity index (χ3v) is 3.62. The van der Waals surface area contributed by atoms with Gasteiger partial charge in [0.25, 0.3) is 0 Å². The fourth-order valence-electron chi connectivity index (χ4n) is 2.60. The maximum atomic E-state index is 8.43. The maximum Gasteiger partial charge on any atom is 0.139 e. The zero-order valence-corrected chi connectivity index (χ0v) is 11.8. The van der Waals surface area contributed by atoms with E-state index in [1.807, 2.05) is 0 Å². The molecule has 106 valence electrons. The molecular weight excluding hydrogens is 228 g/mol. The molecule has 5 nitrogen and oxygen atoms in total. The Morgan fingerprint density at radius 3 is 2.56 bits per heavy atom. The lowest BCUT2D eigenvalue weighted by molar-refractivity contribution is 0.161. The molecule has 18 heavy (non-hydrogen) atoms. The minimum atomic E-state index is 0.347. The quantitative estimate of drug-likeness (QED) is 0.236. The van der Waals surface area contributed by atoms with Gasteiger partial charge in [0.05, 0.1) is 0 Å². The van der Waals surface area contributed by atoms with Crippen molar-refractivity contribution >= 4 is 5.84 Å². The maximum absolute atomic E-state index is 8.43. The Bertz CT molecular complexity index is 247.